The number of benzene rings is 3. The maximum Gasteiger partial charge on any atom is 0.227 e. The minimum absolute atomic E-state index is 0.204. The molecule has 4 heteroatoms. The first-order valence-electron chi connectivity index (χ1n) is 10.6. The fourth-order valence-corrected chi connectivity index (χ4v) is 4.32. The van der Waals surface area contributed by atoms with Crippen LogP contribution in [-0.2, 0) is 11.2 Å². The molecule has 1 saturated heterocycles. The molecule has 30 heavy (non-hydrogen) atoms. The molecular formula is C26H29N2O2+. The summed E-state index contributed by atoms with van der Waals surface area (Å²) in [6.07, 6.45) is 0.445. The third-order valence-electron chi connectivity index (χ3n) is 5.95. The fourth-order valence-electron chi connectivity index (χ4n) is 4.32. The molecule has 1 fully saturated rings. The topological polar surface area (TPSA) is 34.0 Å². The Morgan fingerprint density at radius 2 is 1.40 bits per heavy atom. The second kappa shape index (κ2) is 9.59. The zero-order valence-electron chi connectivity index (χ0n) is 17.5. The van der Waals surface area contributed by atoms with Crippen molar-refractivity contribution in [1.82, 2.24) is 4.90 Å². The Hall–Kier alpha value is -3.11. The van der Waals surface area contributed by atoms with Crippen LogP contribution in [0, 0.1) is 0 Å². The van der Waals surface area contributed by atoms with E-state index in [1.807, 2.05) is 29.2 Å². The Morgan fingerprint density at radius 3 is 1.90 bits per heavy atom. The molecule has 1 heterocycles. The number of hydrogen-bond acceptors (Lipinski definition) is 2. The minimum atomic E-state index is 0.204. The lowest BCUT2D eigenvalue weighted by Gasteiger charge is -2.37. The van der Waals surface area contributed by atoms with Crippen LogP contribution in [0.4, 0.5) is 0 Å². The maximum absolute atomic E-state index is 12.8. The van der Waals surface area contributed by atoms with E-state index < -0.39 is 0 Å². The van der Waals surface area contributed by atoms with Gasteiger partial charge in [0.15, 0.2) is 0 Å². The second-order valence-corrected chi connectivity index (χ2v) is 7.82. The lowest BCUT2D eigenvalue weighted by molar-refractivity contribution is -0.929. The summed E-state index contributed by atoms with van der Waals surface area (Å²) in [6.45, 7) is 3.48. The molecule has 1 aliphatic rings. The average Bonchev–Trinajstić information content (AvgIpc) is 2.81. The molecule has 0 radical (unpaired) electrons. The van der Waals surface area contributed by atoms with Crippen LogP contribution in [0.1, 0.15) is 22.7 Å². The third-order valence-corrected chi connectivity index (χ3v) is 5.95. The summed E-state index contributed by atoms with van der Waals surface area (Å²) in [5.74, 6) is 1.02. The maximum atomic E-state index is 12.8. The number of nitrogens with zero attached hydrogens (tertiary/aromatic N) is 1. The molecule has 4 nitrogen and oxygen atoms in total. The van der Waals surface area contributed by atoms with E-state index in [0.29, 0.717) is 12.5 Å². The van der Waals surface area contributed by atoms with Crippen molar-refractivity contribution in [1.29, 1.82) is 0 Å². The van der Waals surface area contributed by atoms with Crippen molar-refractivity contribution >= 4 is 5.91 Å². The van der Waals surface area contributed by atoms with Crippen molar-refractivity contribution in [3.63, 3.8) is 0 Å². The molecule has 3 aromatic carbocycles. The van der Waals surface area contributed by atoms with Crippen LogP contribution in [0.3, 0.4) is 0 Å². The summed E-state index contributed by atoms with van der Waals surface area (Å²) in [6, 6.07) is 29.5. The van der Waals surface area contributed by atoms with Gasteiger partial charge in [-0.15, -0.1) is 0 Å². The number of amides is 1. The monoisotopic (exact) mass is 401 g/mol. The Balaban J connectivity index is 1.42. The SMILES string of the molecule is COc1ccc(CC(=O)N2CC[NH+](C(c3ccccc3)c3ccccc3)CC2)cc1. The predicted molar refractivity (Wildman–Crippen MR) is 119 cm³/mol. The van der Waals surface area contributed by atoms with Crippen LogP contribution >= 0.6 is 0 Å². The van der Waals surface area contributed by atoms with Gasteiger partial charge in [0, 0.05) is 11.1 Å². The van der Waals surface area contributed by atoms with Crippen LogP contribution in [0.5, 0.6) is 5.75 Å². The van der Waals surface area contributed by atoms with Gasteiger partial charge >= 0.3 is 0 Å². The average molecular weight is 402 g/mol. The van der Waals surface area contributed by atoms with Crippen molar-refractivity contribution in [2.24, 2.45) is 0 Å². The van der Waals surface area contributed by atoms with E-state index >= 15 is 0 Å². The van der Waals surface area contributed by atoms with Gasteiger partial charge in [-0.1, -0.05) is 72.8 Å². The number of piperazine rings is 1. The Labute approximate surface area is 178 Å². The first-order chi connectivity index (χ1) is 14.7. The zero-order chi connectivity index (χ0) is 20.8. The van der Waals surface area contributed by atoms with E-state index in [2.05, 4.69) is 60.7 Å². The van der Waals surface area contributed by atoms with Gasteiger partial charge < -0.3 is 14.5 Å². The van der Waals surface area contributed by atoms with Crippen molar-refractivity contribution in [2.45, 2.75) is 12.5 Å². The van der Waals surface area contributed by atoms with Gasteiger partial charge in [0.2, 0.25) is 5.91 Å². The van der Waals surface area contributed by atoms with Crippen LogP contribution < -0.4 is 9.64 Å². The number of quaternary nitrogens is 1. The number of carbonyl (C=O) groups is 1. The van der Waals surface area contributed by atoms with Gasteiger partial charge in [-0.05, 0) is 17.7 Å². The highest BCUT2D eigenvalue weighted by molar-refractivity contribution is 5.78. The number of ether oxygens (including phenoxy) is 1. The highest BCUT2D eigenvalue weighted by atomic mass is 16.5. The summed E-state index contributed by atoms with van der Waals surface area (Å²) in [5.41, 5.74) is 3.69. The summed E-state index contributed by atoms with van der Waals surface area (Å²) < 4.78 is 5.20. The van der Waals surface area contributed by atoms with Gasteiger partial charge in [-0.3, -0.25) is 4.79 Å². The minimum Gasteiger partial charge on any atom is -0.497 e. The molecule has 3 aromatic rings. The lowest BCUT2D eigenvalue weighted by atomic mass is 9.96. The standard InChI is InChI=1S/C26H28N2O2/c1-30-24-14-12-21(13-15-24)20-25(29)27-16-18-28(19-17-27)26(22-8-4-2-5-9-22)23-10-6-3-7-11-23/h2-15,26H,16-20H2,1H3/p+1. The summed E-state index contributed by atoms with van der Waals surface area (Å²) >= 11 is 0. The Morgan fingerprint density at radius 1 is 0.867 bits per heavy atom. The fraction of sp³-hybridized carbons (Fsp3) is 0.269. The van der Waals surface area contributed by atoms with E-state index in [0.717, 1.165) is 37.5 Å². The number of hydrogen-bond donors (Lipinski definition) is 1. The van der Waals surface area contributed by atoms with Gasteiger partial charge in [0.05, 0.1) is 39.7 Å². The van der Waals surface area contributed by atoms with Crippen molar-refractivity contribution < 1.29 is 14.4 Å². The highest BCUT2D eigenvalue weighted by Gasteiger charge is 2.31. The van der Waals surface area contributed by atoms with Crippen LogP contribution in [0.15, 0.2) is 84.9 Å². The molecule has 0 saturated carbocycles. The largest absolute Gasteiger partial charge is 0.497 e. The van der Waals surface area contributed by atoms with Crippen molar-refractivity contribution in [2.75, 3.05) is 33.3 Å². The van der Waals surface area contributed by atoms with Crippen molar-refractivity contribution in [3.05, 3.63) is 102 Å². The zero-order valence-corrected chi connectivity index (χ0v) is 17.5. The number of methoxy groups -OCH3 is 1. The quantitative estimate of drug-likeness (QED) is 0.689. The normalized spacial score (nSPS) is 14.7. The molecule has 0 spiro atoms. The predicted octanol–water partition coefficient (Wildman–Crippen LogP) is 2.75. The molecule has 154 valence electrons. The molecule has 0 aromatic heterocycles. The summed E-state index contributed by atoms with van der Waals surface area (Å²) in [7, 11) is 1.65. The Bertz CT molecular complexity index is 894. The third kappa shape index (κ3) is 4.71. The summed E-state index contributed by atoms with van der Waals surface area (Å²) in [4.78, 5) is 16.4. The van der Waals surface area contributed by atoms with Crippen molar-refractivity contribution in [3.8, 4) is 5.75 Å². The van der Waals surface area contributed by atoms with E-state index in [-0.39, 0.29) is 5.91 Å². The number of rotatable bonds is 6. The van der Waals surface area contributed by atoms with Gasteiger partial charge in [-0.25, -0.2) is 0 Å². The molecule has 4 rings (SSSR count). The molecule has 1 amide bonds. The first-order valence-corrected chi connectivity index (χ1v) is 10.6. The molecule has 0 atom stereocenters. The molecule has 0 bridgehead atoms. The first kappa shape index (κ1) is 20.2. The summed E-state index contributed by atoms with van der Waals surface area (Å²) in [5, 5.41) is 0. The van der Waals surface area contributed by atoms with Gasteiger partial charge in [0.1, 0.15) is 11.8 Å². The molecular weight excluding hydrogens is 372 g/mol. The molecule has 0 unspecified atom stereocenters. The number of carbonyl (C=O) groups excluding carboxylic acids is 1. The van der Waals surface area contributed by atoms with E-state index in [1.165, 1.54) is 16.0 Å². The van der Waals surface area contributed by atoms with Crippen LogP contribution in [-0.4, -0.2) is 44.1 Å². The Kier molecular flexibility index (Phi) is 6.45. The second-order valence-electron chi connectivity index (χ2n) is 7.82. The molecule has 1 aliphatic heterocycles. The van der Waals surface area contributed by atoms with Gasteiger partial charge in [0.25, 0.3) is 0 Å². The lowest BCUT2D eigenvalue weighted by Crippen LogP contribution is -3.15. The van der Waals surface area contributed by atoms with E-state index in [9.17, 15) is 4.79 Å². The highest BCUT2D eigenvalue weighted by Crippen LogP contribution is 2.19. The molecule has 0 aliphatic carbocycles. The molecule has 1 N–H and O–H groups in total. The van der Waals surface area contributed by atoms with E-state index in [1.54, 1.807) is 7.11 Å². The van der Waals surface area contributed by atoms with Gasteiger partial charge in [-0.2, -0.15) is 0 Å². The van der Waals surface area contributed by atoms with E-state index in [4.69, 9.17) is 4.74 Å². The number of nitrogens with one attached hydrogen (secondary N) is 1. The van der Waals surface area contributed by atoms with Crippen LogP contribution in [0.2, 0.25) is 0 Å². The smallest absolute Gasteiger partial charge is 0.227 e. The van der Waals surface area contributed by atoms with Crippen LogP contribution in [0.25, 0.3) is 0 Å².